The van der Waals surface area contributed by atoms with Crippen LogP contribution in [0.5, 0.6) is 0 Å². The van der Waals surface area contributed by atoms with Gasteiger partial charge in [-0.25, -0.2) is 0 Å². The molecule has 0 spiro atoms. The number of carbonyl (C=O) groups excluding carboxylic acids is 1. The van der Waals surface area contributed by atoms with Crippen molar-refractivity contribution in [2.24, 2.45) is 0 Å². The van der Waals surface area contributed by atoms with Gasteiger partial charge in [-0.1, -0.05) is 48.5 Å². The predicted octanol–water partition coefficient (Wildman–Crippen LogP) is 5.78. The quantitative estimate of drug-likeness (QED) is 0.428. The highest BCUT2D eigenvalue weighted by molar-refractivity contribution is 5.95. The molecular formula is C27H23N3O. The smallest absolute Gasteiger partial charge is 0.251 e. The lowest BCUT2D eigenvalue weighted by Crippen LogP contribution is -2.26. The van der Waals surface area contributed by atoms with Gasteiger partial charge in [0.15, 0.2) is 0 Å². The number of aromatic nitrogens is 1. The Kier molecular flexibility index (Phi) is 5.19. The summed E-state index contributed by atoms with van der Waals surface area (Å²) in [5, 5.41) is 6.55. The van der Waals surface area contributed by atoms with E-state index in [9.17, 15) is 4.79 Å². The van der Waals surface area contributed by atoms with E-state index >= 15 is 0 Å². The van der Waals surface area contributed by atoms with Gasteiger partial charge < -0.3 is 10.6 Å². The van der Waals surface area contributed by atoms with Crippen LogP contribution in [0, 0.1) is 0 Å². The maximum Gasteiger partial charge on any atom is 0.251 e. The molecular weight excluding hydrogens is 382 g/mol. The standard InChI is InChI=1S/C27H23N3O/c31-27(30-26-18-25(26)21-5-2-1-3-6-21)22-7-4-8-24(17-22)29-23-11-9-19(10-12-23)20-13-15-28-16-14-20/h1-17,25-26,29H,18H2,(H,30,31)/t25-,26+/m0/s1. The highest BCUT2D eigenvalue weighted by Gasteiger charge is 2.39. The second kappa shape index (κ2) is 8.44. The van der Waals surface area contributed by atoms with E-state index in [-0.39, 0.29) is 11.9 Å². The third-order valence-electron chi connectivity index (χ3n) is 5.65. The molecule has 152 valence electrons. The molecule has 4 aromatic rings. The van der Waals surface area contributed by atoms with Crippen LogP contribution in [0.4, 0.5) is 11.4 Å². The second-order valence-electron chi connectivity index (χ2n) is 7.85. The zero-order valence-electron chi connectivity index (χ0n) is 17.0. The van der Waals surface area contributed by atoms with E-state index in [2.05, 4.69) is 39.9 Å². The second-order valence-corrected chi connectivity index (χ2v) is 7.85. The first-order chi connectivity index (χ1) is 15.3. The average molecular weight is 406 g/mol. The summed E-state index contributed by atoms with van der Waals surface area (Å²) in [5.74, 6) is 0.394. The molecule has 2 atom stereocenters. The fourth-order valence-corrected chi connectivity index (χ4v) is 3.87. The minimum Gasteiger partial charge on any atom is -0.356 e. The molecule has 4 heteroatoms. The Morgan fingerprint density at radius 2 is 1.52 bits per heavy atom. The van der Waals surface area contributed by atoms with Crippen LogP contribution in [-0.4, -0.2) is 16.9 Å². The maximum absolute atomic E-state index is 12.7. The number of anilines is 2. The van der Waals surface area contributed by atoms with Gasteiger partial charge >= 0.3 is 0 Å². The Bertz CT molecular complexity index is 1170. The van der Waals surface area contributed by atoms with Crippen molar-refractivity contribution in [1.82, 2.24) is 10.3 Å². The molecule has 0 radical (unpaired) electrons. The van der Waals surface area contributed by atoms with Crippen LogP contribution in [0.25, 0.3) is 11.1 Å². The van der Waals surface area contributed by atoms with E-state index in [0.717, 1.165) is 28.9 Å². The van der Waals surface area contributed by atoms with Gasteiger partial charge in [0.2, 0.25) is 0 Å². The highest BCUT2D eigenvalue weighted by Crippen LogP contribution is 2.40. The molecule has 0 saturated heterocycles. The largest absolute Gasteiger partial charge is 0.356 e. The van der Waals surface area contributed by atoms with Crippen LogP contribution in [0.1, 0.15) is 28.3 Å². The van der Waals surface area contributed by atoms with Gasteiger partial charge in [-0.05, 0) is 65.6 Å². The molecule has 4 nitrogen and oxygen atoms in total. The number of hydrogen-bond acceptors (Lipinski definition) is 3. The summed E-state index contributed by atoms with van der Waals surface area (Å²) < 4.78 is 0. The molecule has 0 aliphatic heterocycles. The van der Waals surface area contributed by atoms with Crippen molar-refractivity contribution in [3.8, 4) is 11.1 Å². The van der Waals surface area contributed by atoms with Crippen molar-refractivity contribution >= 4 is 17.3 Å². The number of nitrogens with one attached hydrogen (secondary N) is 2. The zero-order valence-corrected chi connectivity index (χ0v) is 17.0. The van der Waals surface area contributed by atoms with Gasteiger partial charge in [-0.2, -0.15) is 0 Å². The van der Waals surface area contributed by atoms with E-state index < -0.39 is 0 Å². The molecule has 0 unspecified atom stereocenters. The summed E-state index contributed by atoms with van der Waals surface area (Å²) in [4.78, 5) is 16.8. The number of pyridine rings is 1. The SMILES string of the molecule is O=C(N[C@@H]1C[C@H]1c1ccccc1)c1cccc(Nc2ccc(-c3ccncc3)cc2)c1. The van der Waals surface area contributed by atoms with Crippen LogP contribution in [0.15, 0.2) is 103 Å². The first-order valence-electron chi connectivity index (χ1n) is 10.5. The molecule has 1 heterocycles. The Morgan fingerprint density at radius 3 is 2.29 bits per heavy atom. The van der Waals surface area contributed by atoms with E-state index in [1.54, 1.807) is 12.4 Å². The molecule has 1 saturated carbocycles. The minimum absolute atomic E-state index is 0.0277. The molecule has 1 aliphatic carbocycles. The van der Waals surface area contributed by atoms with Crippen LogP contribution in [0.2, 0.25) is 0 Å². The lowest BCUT2D eigenvalue weighted by molar-refractivity contribution is 0.0950. The number of carbonyl (C=O) groups is 1. The maximum atomic E-state index is 12.7. The summed E-state index contributed by atoms with van der Waals surface area (Å²) in [6, 6.07) is 30.4. The molecule has 1 fully saturated rings. The Labute approximate surface area is 182 Å². The molecule has 3 aromatic carbocycles. The van der Waals surface area contributed by atoms with E-state index in [1.807, 2.05) is 66.7 Å². The minimum atomic E-state index is -0.0277. The third kappa shape index (κ3) is 4.48. The predicted molar refractivity (Wildman–Crippen MR) is 124 cm³/mol. The van der Waals surface area contributed by atoms with E-state index in [1.165, 1.54) is 5.56 Å². The first kappa shape index (κ1) is 19.1. The highest BCUT2D eigenvalue weighted by atomic mass is 16.1. The summed E-state index contributed by atoms with van der Waals surface area (Å²) in [5.41, 5.74) is 6.09. The van der Waals surface area contributed by atoms with Gasteiger partial charge in [-0.3, -0.25) is 9.78 Å². The fraction of sp³-hybridized carbons (Fsp3) is 0.111. The number of amides is 1. The molecule has 2 N–H and O–H groups in total. The number of rotatable bonds is 6. The van der Waals surface area contributed by atoms with Crippen molar-refractivity contribution in [2.45, 2.75) is 18.4 Å². The van der Waals surface area contributed by atoms with Crippen molar-refractivity contribution in [3.05, 3.63) is 115 Å². The summed E-state index contributed by atoms with van der Waals surface area (Å²) in [6.45, 7) is 0. The summed E-state index contributed by atoms with van der Waals surface area (Å²) in [7, 11) is 0. The molecule has 0 bridgehead atoms. The van der Waals surface area contributed by atoms with E-state index in [0.29, 0.717) is 11.5 Å². The Hall–Kier alpha value is -3.92. The van der Waals surface area contributed by atoms with Crippen molar-refractivity contribution < 1.29 is 4.79 Å². The zero-order chi connectivity index (χ0) is 21.0. The lowest BCUT2D eigenvalue weighted by Gasteiger charge is -2.10. The molecule has 1 aromatic heterocycles. The molecule has 1 amide bonds. The lowest BCUT2D eigenvalue weighted by atomic mass is 10.1. The molecule has 31 heavy (non-hydrogen) atoms. The average Bonchev–Trinajstić information content (AvgIpc) is 3.60. The van der Waals surface area contributed by atoms with Gasteiger partial charge in [0, 0.05) is 41.3 Å². The molecule has 5 rings (SSSR count). The van der Waals surface area contributed by atoms with Crippen LogP contribution in [0.3, 0.4) is 0 Å². The number of nitrogens with zero attached hydrogens (tertiary/aromatic N) is 1. The van der Waals surface area contributed by atoms with E-state index in [4.69, 9.17) is 0 Å². The monoisotopic (exact) mass is 405 g/mol. The summed E-state index contributed by atoms with van der Waals surface area (Å²) in [6.07, 6.45) is 4.58. The van der Waals surface area contributed by atoms with Gasteiger partial charge in [0.05, 0.1) is 0 Å². The van der Waals surface area contributed by atoms with Gasteiger partial charge in [-0.15, -0.1) is 0 Å². The van der Waals surface area contributed by atoms with Gasteiger partial charge in [0.25, 0.3) is 5.91 Å². The third-order valence-corrected chi connectivity index (χ3v) is 5.65. The Balaban J connectivity index is 1.23. The van der Waals surface area contributed by atoms with Gasteiger partial charge in [0.1, 0.15) is 0 Å². The molecule has 1 aliphatic rings. The van der Waals surface area contributed by atoms with Crippen LogP contribution in [-0.2, 0) is 0 Å². The number of hydrogen-bond donors (Lipinski definition) is 2. The van der Waals surface area contributed by atoms with Crippen molar-refractivity contribution in [3.63, 3.8) is 0 Å². The Morgan fingerprint density at radius 1 is 0.774 bits per heavy atom. The van der Waals surface area contributed by atoms with Crippen molar-refractivity contribution in [1.29, 1.82) is 0 Å². The number of benzene rings is 3. The topological polar surface area (TPSA) is 54.0 Å². The van der Waals surface area contributed by atoms with Crippen molar-refractivity contribution in [2.75, 3.05) is 5.32 Å². The normalized spacial score (nSPS) is 17.0. The fourth-order valence-electron chi connectivity index (χ4n) is 3.87. The van der Waals surface area contributed by atoms with Crippen LogP contribution < -0.4 is 10.6 Å². The summed E-state index contributed by atoms with van der Waals surface area (Å²) >= 11 is 0. The first-order valence-corrected chi connectivity index (χ1v) is 10.5. The van der Waals surface area contributed by atoms with Crippen LogP contribution >= 0.6 is 0 Å².